The van der Waals surface area contributed by atoms with E-state index in [1.54, 1.807) is 31.8 Å². The fourth-order valence-electron chi connectivity index (χ4n) is 4.24. The van der Waals surface area contributed by atoms with Crippen molar-refractivity contribution >= 4 is 17.6 Å². The van der Waals surface area contributed by atoms with Crippen molar-refractivity contribution in [3.05, 3.63) is 42.9 Å². The van der Waals surface area contributed by atoms with Crippen LogP contribution < -0.4 is 14.8 Å². The average Bonchev–Trinajstić information content (AvgIpc) is 3.18. The van der Waals surface area contributed by atoms with Gasteiger partial charge in [-0.2, -0.15) is 0 Å². The van der Waals surface area contributed by atoms with Crippen LogP contribution in [0.2, 0.25) is 0 Å². The number of nitrogens with one attached hydrogen (secondary N) is 1. The predicted molar refractivity (Wildman–Crippen MR) is 119 cm³/mol. The van der Waals surface area contributed by atoms with E-state index >= 15 is 0 Å². The molecular weight excluding hydrogens is 410 g/mol. The Bertz CT molecular complexity index is 918. The Labute approximate surface area is 187 Å². The second-order valence-corrected chi connectivity index (χ2v) is 8.32. The summed E-state index contributed by atoms with van der Waals surface area (Å²) in [6.07, 6.45) is 7.03. The van der Waals surface area contributed by atoms with E-state index in [-0.39, 0.29) is 17.9 Å². The summed E-state index contributed by atoms with van der Waals surface area (Å²) in [6.45, 7) is 3.27. The second kappa shape index (κ2) is 10.3. The van der Waals surface area contributed by atoms with Crippen molar-refractivity contribution in [3.63, 3.8) is 0 Å². The third-order valence-electron chi connectivity index (χ3n) is 6.00. The summed E-state index contributed by atoms with van der Waals surface area (Å²) < 4.78 is 10.9. The maximum atomic E-state index is 12.6. The molecule has 1 N–H and O–H groups in total. The van der Waals surface area contributed by atoms with E-state index < -0.39 is 0 Å². The predicted octanol–water partition coefficient (Wildman–Crippen LogP) is 2.66. The number of methoxy groups -OCH3 is 1. The van der Waals surface area contributed by atoms with Crippen molar-refractivity contribution < 1.29 is 19.1 Å². The zero-order chi connectivity index (χ0) is 22.3. The summed E-state index contributed by atoms with van der Waals surface area (Å²) in [5.74, 6) is 1.93. The van der Waals surface area contributed by atoms with Crippen LogP contribution >= 0.6 is 0 Å². The number of benzene rings is 1. The average molecular weight is 440 g/mol. The molecule has 1 aromatic heterocycles. The third-order valence-corrected chi connectivity index (χ3v) is 6.00. The summed E-state index contributed by atoms with van der Waals surface area (Å²) in [5.41, 5.74) is 0.717. The minimum atomic E-state index is -0.102. The minimum absolute atomic E-state index is 0.102. The minimum Gasteiger partial charge on any atom is -0.497 e. The maximum Gasteiger partial charge on any atom is 0.321 e. The van der Waals surface area contributed by atoms with Crippen molar-refractivity contribution in [2.45, 2.75) is 19.3 Å². The number of amides is 3. The molecule has 1 unspecified atom stereocenters. The molecule has 0 saturated carbocycles. The molecule has 2 saturated heterocycles. The highest BCUT2D eigenvalue weighted by molar-refractivity contribution is 5.89. The quantitative estimate of drug-likeness (QED) is 0.713. The first-order valence-corrected chi connectivity index (χ1v) is 11.0. The first-order valence-electron chi connectivity index (χ1n) is 11.0. The molecule has 32 heavy (non-hydrogen) atoms. The fraction of sp³-hybridized carbons (Fsp3) is 0.478. The Kier molecular flexibility index (Phi) is 7.03. The van der Waals surface area contributed by atoms with Gasteiger partial charge in [0, 0.05) is 62.7 Å². The lowest BCUT2D eigenvalue weighted by atomic mass is 9.96. The molecule has 1 aromatic carbocycles. The second-order valence-electron chi connectivity index (χ2n) is 8.32. The van der Waals surface area contributed by atoms with Gasteiger partial charge in [0.25, 0.3) is 0 Å². The number of aromatic nitrogens is 2. The molecule has 1 atom stereocenters. The number of carbonyl (C=O) groups is 2. The van der Waals surface area contributed by atoms with E-state index in [1.165, 1.54) is 0 Å². The Hall–Kier alpha value is -3.36. The Morgan fingerprint density at radius 2 is 2.06 bits per heavy atom. The van der Waals surface area contributed by atoms with Crippen molar-refractivity contribution in [2.75, 3.05) is 45.2 Å². The number of hydrogen-bond donors (Lipinski definition) is 1. The van der Waals surface area contributed by atoms with Crippen molar-refractivity contribution in [1.82, 2.24) is 19.8 Å². The zero-order valence-corrected chi connectivity index (χ0v) is 18.3. The Morgan fingerprint density at radius 3 is 2.81 bits per heavy atom. The number of anilines is 1. The normalized spacial score (nSPS) is 19.2. The van der Waals surface area contributed by atoms with Gasteiger partial charge in [-0.15, -0.1) is 0 Å². The number of rotatable bonds is 7. The monoisotopic (exact) mass is 439 g/mol. The number of likely N-dealkylation sites (tertiary alicyclic amines) is 2. The molecule has 3 amide bonds. The molecule has 2 fully saturated rings. The molecule has 2 aromatic rings. The molecule has 0 spiro atoms. The molecule has 9 heteroatoms. The van der Waals surface area contributed by atoms with Gasteiger partial charge in [0.15, 0.2) is 0 Å². The molecule has 2 aliphatic heterocycles. The van der Waals surface area contributed by atoms with Crippen molar-refractivity contribution in [3.8, 4) is 11.6 Å². The van der Waals surface area contributed by atoms with E-state index in [0.717, 1.165) is 19.4 Å². The highest BCUT2D eigenvalue weighted by Crippen LogP contribution is 2.25. The van der Waals surface area contributed by atoms with Gasteiger partial charge >= 0.3 is 6.03 Å². The van der Waals surface area contributed by atoms with Crippen molar-refractivity contribution in [2.24, 2.45) is 11.8 Å². The lowest BCUT2D eigenvalue weighted by Gasteiger charge is -2.34. The lowest BCUT2D eigenvalue weighted by molar-refractivity contribution is -0.128. The maximum absolute atomic E-state index is 12.6. The van der Waals surface area contributed by atoms with Crippen LogP contribution in [0.5, 0.6) is 11.6 Å². The summed E-state index contributed by atoms with van der Waals surface area (Å²) in [5, 5.41) is 2.93. The summed E-state index contributed by atoms with van der Waals surface area (Å²) >= 11 is 0. The number of piperidine rings is 1. The fourth-order valence-corrected chi connectivity index (χ4v) is 4.24. The van der Waals surface area contributed by atoms with E-state index in [0.29, 0.717) is 55.9 Å². The van der Waals surface area contributed by atoms with Gasteiger partial charge in [0.1, 0.15) is 5.75 Å². The van der Waals surface area contributed by atoms with Gasteiger partial charge in [-0.05, 0) is 30.9 Å². The topological polar surface area (TPSA) is 96.9 Å². The van der Waals surface area contributed by atoms with Crippen LogP contribution in [0.25, 0.3) is 0 Å². The number of carbonyl (C=O) groups excluding carboxylic acids is 2. The number of ether oxygens (including phenoxy) is 2. The molecule has 2 aliphatic rings. The van der Waals surface area contributed by atoms with E-state index in [4.69, 9.17) is 9.47 Å². The van der Waals surface area contributed by atoms with Crippen LogP contribution in [0.4, 0.5) is 10.5 Å². The van der Waals surface area contributed by atoms with Crippen LogP contribution in [0, 0.1) is 11.8 Å². The van der Waals surface area contributed by atoms with Crippen LogP contribution in [0.15, 0.2) is 42.9 Å². The first-order chi connectivity index (χ1) is 15.6. The van der Waals surface area contributed by atoms with Crippen molar-refractivity contribution in [1.29, 1.82) is 0 Å². The third kappa shape index (κ3) is 5.66. The van der Waals surface area contributed by atoms with Gasteiger partial charge in [0.2, 0.25) is 11.8 Å². The highest BCUT2D eigenvalue weighted by atomic mass is 16.5. The highest BCUT2D eigenvalue weighted by Gasteiger charge is 2.33. The van der Waals surface area contributed by atoms with Crippen LogP contribution in [0.1, 0.15) is 19.3 Å². The summed E-state index contributed by atoms with van der Waals surface area (Å²) in [6, 6.07) is 7.23. The summed E-state index contributed by atoms with van der Waals surface area (Å²) in [4.78, 5) is 36.9. The van der Waals surface area contributed by atoms with Gasteiger partial charge < -0.3 is 24.6 Å². The molecule has 0 radical (unpaired) electrons. The van der Waals surface area contributed by atoms with E-state index in [9.17, 15) is 9.59 Å². The van der Waals surface area contributed by atoms with Crippen LogP contribution in [0.3, 0.4) is 0 Å². The molecule has 4 rings (SSSR count). The zero-order valence-electron chi connectivity index (χ0n) is 18.3. The number of nitrogens with zero attached hydrogens (tertiary/aromatic N) is 4. The lowest BCUT2D eigenvalue weighted by Crippen LogP contribution is -2.43. The molecular formula is C23H29N5O4. The van der Waals surface area contributed by atoms with Gasteiger partial charge in [-0.25, -0.2) is 9.78 Å². The van der Waals surface area contributed by atoms with Gasteiger partial charge in [0.05, 0.1) is 19.9 Å². The Morgan fingerprint density at radius 1 is 1.22 bits per heavy atom. The van der Waals surface area contributed by atoms with Crippen LogP contribution in [-0.2, 0) is 4.79 Å². The molecule has 9 nitrogen and oxygen atoms in total. The van der Waals surface area contributed by atoms with Gasteiger partial charge in [-0.1, -0.05) is 6.07 Å². The smallest absolute Gasteiger partial charge is 0.321 e. The number of urea groups is 1. The first kappa shape index (κ1) is 21.9. The standard InChI is InChI=1S/C23H29N5O4/c1-31-20-4-2-3-19(12-20)26-23(30)27-9-5-17(6-10-27)14-28-15-18(11-22(28)29)16-32-21-13-24-7-8-25-21/h2-4,7-8,12-13,17-18H,5-6,9-11,14-16H2,1H3,(H,26,30). The largest absolute Gasteiger partial charge is 0.497 e. The number of hydrogen-bond acceptors (Lipinski definition) is 6. The molecule has 0 aliphatic carbocycles. The SMILES string of the molecule is COc1cccc(NC(=O)N2CCC(CN3CC(COc4cnccn4)CC3=O)CC2)c1. The van der Waals surface area contributed by atoms with E-state index in [2.05, 4.69) is 15.3 Å². The van der Waals surface area contributed by atoms with Gasteiger partial charge in [-0.3, -0.25) is 9.78 Å². The van der Waals surface area contributed by atoms with Crippen LogP contribution in [-0.4, -0.2) is 71.6 Å². The molecule has 3 heterocycles. The molecule has 0 bridgehead atoms. The molecule has 170 valence electrons. The van der Waals surface area contributed by atoms with E-state index in [1.807, 2.05) is 28.0 Å². The summed E-state index contributed by atoms with van der Waals surface area (Å²) in [7, 11) is 1.60. The Balaban J connectivity index is 1.20.